The van der Waals surface area contributed by atoms with Gasteiger partial charge in [-0.3, -0.25) is 14.3 Å². The standard InChI is InChI=1S/C27H21N3O5S/c1-2-35-20-13-15-21(16-14-20)36(33,34)30-19-11-9-18(10-12-19)27(32)29-28-25-22-7-3-5-17-6-4-8-23(24(17)22)26(25)31/h3-16,30H,2H2,1H3,(H,29,32)/b28-25+. The van der Waals surface area contributed by atoms with Gasteiger partial charge in [0.15, 0.2) is 0 Å². The fraction of sp³-hybridized carbons (Fsp3) is 0.0741. The molecular weight excluding hydrogens is 478 g/mol. The number of hydrazone groups is 1. The number of amides is 1. The third-order valence-corrected chi connectivity index (χ3v) is 7.13. The molecule has 0 aromatic heterocycles. The van der Waals surface area contributed by atoms with Crippen LogP contribution >= 0.6 is 0 Å². The molecule has 5 rings (SSSR count). The number of benzene rings is 4. The van der Waals surface area contributed by atoms with E-state index in [2.05, 4.69) is 15.2 Å². The quantitative estimate of drug-likeness (QED) is 0.367. The largest absolute Gasteiger partial charge is 0.494 e. The van der Waals surface area contributed by atoms with Crippen LogP contribution in [0.25, 0.3) is 10.8 Å². The van der Waals surface area contributed by atoms with Crippen molar-refractivity contribution in [2.24, 2.45) is 5.10 Å². The Bertz CT molecular complexity index is 1620. The SMILES string of the molecule is CCOc1ccc(S(=O)(=O)Nc2ccc(C(=O)N/N=C3/C(=O)c4cccc5cccc3c45)cc2)cc1. The van der Waals surface area contributed by atoms with Crippen LogP contribution in [0, 0.1) is 0 Å². The molecule has 1 amide bonds. The van der Waals surface area contributed by atoms with Gasteiger partial charge in [0.05, 0.1) is 11.5 Å². The van der Waals surface area contributed by atoms with Gasteiger partial charge in [-0.25, -0.2) is 13.8 Å². The molecule has 0 radical (unpaired) electrons. The highest BCUT2D eigenvalue weighted by atomic mass is 32.2. The number of nitrogens with one attached hydrogen (secondary N) is 2. The summed E-state index contributed by atoms with van der Waals surface area (Å²) in [7, 11) is -3.82. The predicted octanol–water partition coefficient (Wildman–Crippen LogP) is 4.37. The van der Waals surface area contributed by atoms with Crippen molar-refractivity contribution in [2.45, 2.75) is 11.8 Å². The van der Waals surface area contributed by atoms with Crippen LogP contribution in [0.1, 0.15) is 33.2 Å². The van der Waals surface area contributed by atoms with E-state index in [0.717, 1.165) is 10.8 Å². The van der Waals surface area contributed by atoms with E-state index < -0.39 is 15.9 Å². The Hall–Kier alpha value is -4.50. The van der Waals surface area contributed by atoms with E-state index in [-0.39, 0.29) is 22.0 Å². The molecule has 0 atom stereocenters. The maximum Gasteiger partial charge on any atom is 0.271 e. The van der Waals surface area contributed by atoms with Gasteiger partial charge >= 0.3 is 0 Å². The Kier molecular flexibility index (Phi) is 5.99. The third-order valence-electron chi connectivity index (χ3n) is 5.73. The fourth-order valence-corrected chi connectivity index (χ4v) is 5.10. The highest BCUT2D eigenvalue weighted by molar-refractivity contribution is 7.92. The summed E-state index contributed by atoms with van der Waals surface area (Å²) in [6.45, 7) is 2.33. The number of ketones is 1. The summed E-state index contributed by atoms with van der Waals surface area (Å²) in [5.41, 5.74) is 4.39. The Morgan fingerprint density at radius 1 is 0.889 bits per heavy atom. The Morgan fingerprint density at radius 3 is 2.22 bits per heavy atom. The summed E-state index contributed by atoms with van der Waals surface area (Å²) in [5.74, 6) is -0.198. The molecule has 0 fully saturated rings. The topological polar surface area (TPSA) is 114 Å². The van der Waals surface area contributed by atoms with E-state index >= 15 is 0 Å². The predicted molar refractivity (Wildman–Crippen MR) is 137 cm³/mol. The average Bonchev–Trinajstić information content (AvgIpc) is 3.16. The number of hydrogen-bond donors (Lipinski definition) is 2. The molecule has 0 bridgehead atoms. The van der Waals surface area contributed by atoms with Crippen LogP contribution in [0.2, 0.25) is 0 Å². The van der Waals surface area contributed by atoms with Gasteiger partial charge in [0.25, 0.3) is 15.9 Å². The van der Waals surface area contributed by atoms with Gasteiger partial charge in [0.2, 0.25) is 5.78 Å². The number of Topliss-reactive ketones (excluding diaryl/α,β-unsaturated/α-hetero) is 1. The first-order valence-corrected chi connectivity index (χ1v) is 12.7. The second kappa shape index (κ2) is 9.27. The number of sulfonamides is 1. The van der Waals surface area contributed by atoms with Gasteiger partial charge < -0.3 is 4.74 Å². The van der Waals surface area contributed by atoms with Gasteiger partial charge in [-0.05, 0) is 60.8 Å². The minimum Gasteiger partial charge on any atom is -0.494 e. The maximum absolute atomic E-state index is 12.8. The van der Waals surface area contributed by atoms with Crippen LogP contribution in [0.4, 0.5) is 5.69 Å². The van der Waals surface area contributed by atoms with Crippen molar-refractivity contribution in [1.29, 1.82) is 0 Å². The van der Waals surface area contributed by atoms with Crippen LogP contribution in [-0.4, -0.2) is 32.4 Å². The van der Waals surface area contributed by atoms with Crippen molar-refractivity contribution >= 4 is 43.9 Å². The normalized spacial score (nSPS) is 13.7. The monoisotopic (exact) mass is 499 g/mol. The minimum atomic E-state index is -3.82. The molecule has 1 aliphatic rings. The highest BCUT2D eigenvalue weighted by Crippen LogP contribution is 2.30. The number of carbonyl (C=O) groups excluding carboxylic acids is 2. The van der Waals surface area contributed by atoms with Crippen molar-refractivity contribution < 1.29 is 22.7 Å². The molecular formula is C27H21N3O5S. The number of hydrogen-bond acceptors (Lipinski definition) is 6. The molecule has 9 heteroatoms. The molecule has 0 saturated carbocycles. The summed E-state index contributed by atoms with van der Waals surface area (Å²) in [5, 5.41) is 5.86. The second-order valence-electron chi connectivity index (χ2n) is 8.03. The summed E-state index contributed by atoms with van der Waals surface area (Å²) >= 11 is 0. The van der Waals surface area contributed by atoms with Crippen molar-refractivity contribution in [2.75, 3.05) is 11.3 Å². The van der Waals surface area contributed by atoms with Crippen molar-refractivity contribution in [3.63, 3.8) is 0 Å². The van der Waals surface area contributed by atoms with E-state index in [1.54, 1.807) is 24.3 Å². The van der Waals surface area contributed by atoms with Crippen LogP contribution in [0.5, 0.6) is 5.75 Å². The zero-order valence-electron chi connectivity index (χ0n) is 19.2. The summed E-state index contributed by atoms with van der Waals surface area (Å²) in [6, 6.07) is 23.0. The minimum absolute atomic E-state index is 0.0841. The molecule has 4 aromatic rings. The number of ether oxygens (including phenoxy) is 1. The highest BCUT2D eigenvalue weighted by Gasteiger charge is 2.29. The van der Waals surface area contributed by atoms with E-state index in [1.165, 1.54) is 36.4 Å². The summed E-state index contributed by atoms with van der Waals surface area (Å²) in [6.07, 6.45) is 0. The molecule has 0 unspecified atom stereocenters. The van der Waals surface area contributed by atoms with Gasteiger partial charge in [-0.15, -0.1) is 0 Å². The Morgan fingerprint density at radius 2 is 1.56 bits per heavy atom. The van der Waals surface area contributed by atoms with E-state index in [0.29, 0.717) is 29.2 Å². The number of anilines is 1. The first-order valence-electron chi connectivity index (χ1n) is 11.2. The number of rotatable bonds is 7. The van der Waals surface area contributed by atoms with Crippen molar-refractivity contribution in [1.82, 2.24) is 5.43 Å². The molecule has 0 saturated heterocycles. The molecule has 4 aromatic carbocycles. The molecule has 0 aliphatic heterocycles. The van der Waals surface area contributed by atoms with Crippen LogP contribution < -0.4 is 14.9 Å². The van der Waals surface area contributed by atoms with Gasteiger partial charge in [-0.1, -0.05) is 36.4 Å². The van der Waals surface area contributed by atoms with Crippen LogP contribution in [-0.2, 0) is 10.0 Å². The second-order valence-corrected chi connectivity index (χ2v) is 9.71. The van der Waals surface area contributed by atoms with Gasteiger partial charge in [0.1, 0.15) is 11.5 Å². The smallest absolute Gasteiger partial charge is 0.271 e. The van der Waals surface area contributed by atoms with Gasteiger partial charge in [0, 0.05) is 27.8 Å². The molecule has 8 nitrogen and oxygen atoms in total. The Balaban J connectivity index is 1.29. The molecule has 1 aliphatic carbocycles. The van der Waals surface area contributed by atoms with Crippen LogP contribution in [0.15, 0.2) is 94.9 Å². The average molecular weight is 500 g/mol. The lowest BCUT2D eigenvalue weighted by Crippen LogP contribution is -2.22. The Labute approximate surface area is 207 Å². The molecule has 180 valence electrons. The molecule has 0 heterocycles. The summed E-state index contributed by atoms with van der Waals surface area (Å²) < 4.78 is 33.1. The van der Waals surface area contributed by atoms with E-state index in [1.807, 2.05) is 31.2 Å². The lowest BCUT2D eigenvalue weighted by molar-refractivity contribution is 0.0955. The maximum atomic E-state index is 12.8. The van der Waals surface area contributed by atoms with Gasteiger partial charge in [-0.2, -0.15) is 5.10 Å². The summed E-state index contributed by atoms with van der Waals surface area (Å²) in [4.78, 5) is 25.5. The lowest BCUT2D eigenvalue weighted by Gasteiger charge is -2.10. The van der Waals surface area contributed by atoms with Crippen LogP contribution in [0.3, 0.4) is 0 Å². The zero-order chi connectivity index (χ0) is 25.3. The molecule has 36 heavy (non-hydrogen) atoms. The number of nitrogens with zero attached hydrogens (tertiary/aromatic N) is 1. The fourth-order valence-electron chi connectivity index (χ4n) is 4.05. The lowest BCUT2D eigenvalue weighted by atomic mass is 10.1. The third kappa shape index (κ3) is 4.32. The first-order chi connectivity index (χ1) is 17.4. The van der Waals surface area contributed by atoms with E-state index in [9.17, 15) is 18.0 Å². The molecule has 2 N–H and O–H groups in total. The number of carbonyl (C=O) groups is 2. The zero-order valence-corrected chi connectivity index (χ0v) is 20.0. The van der Waals surface area contributed by atoms with E-state index in [4.69, 9.17) is 4.74 Å². The van der Waals surface area contributed by atoms with Crippen molar-refractivity contribution in [3.05, 3.63) is 102 Å². The van der Waals surface area contributed by atoms with Crippen molar-refractivity contribution in [3.8, 4) is 5.75 Å². The molecule has 0 spiro atoms. The first kappa shape index (κ1) is 23.3.